The minimum atomic E-state index is -1.12. The molecule has 3 aromatic rings. The molecule has 134 valence electrons. The highest BCUT2D eigenvalue weighted by molar-refractivity contribution is 9.10. The lowest BCUT2D eigenvalue weighted by molar-refractivity contribution is -0.139. The molecular weight excluding hydrogens is 400 g/mol. The van der Waals surface area contributed by atoms with Crippen molar-refractivity contribution in [2.24, 2.45) is 0 Å². The van der Waals surface area contributed by atoms with Crippen LogP contribution < -0.4 is 5.32 Å². The Bertz CT molecular complexity index is 924. The lowest BCUT2D eigenvalue weighted by atomic mass is 10.1. The highest BCUT2D eigenvalue weighted by Crippen LogP contribution is 2.23. The number of carboxylic acid groups (broad SMARTS) is 1. The van der Waals surface area contributed by atoms with Gasteiger partial charge in [-0.2, -0.15) is 0 Å². The Morgan fingerprint density at radius 3 is 2.69 bits per heavy atom. The zero-order valence-corrected chi connectivity index (χ0v) is 15.3. The van der Waals surface area contributed by atoms with Gasteiger partial charge >= 0.3 is 12.1 Å². The molecule has 6 nitrogen and oxygen atoms in total. The van der Waals surface area contributed by atoms with Crippen molar-refractivity contribution in [3.8, 4) is 0 Å². The van der Waals surface area contributed by atoms with Crippen molar-refractivity contribution < 1.29 is 19.4 Å². The maximum atomic E-state index is 12.0. The molecule has 7 heteroatoms. The SMILES string of the molecule is O=C(N[C@H](Cc1c[nH]c2ccc(Br)cc12)C(=O)O)OCc1ccccc1. The molecule has 0 aliphatic carbocycles. The Hall–Kier alpha value is -2.80. The zero-order chi connectivity index (χ0) is 18.5. The number of amides is 1. The maximum Gasteiger partial charge on any atom is 0.408 e. The van der Waals surface area contributed by atoms with Crippen LogP contribution in [0.25, 0.3) is 10.9 Å². The van der Waals surface area contributed by atoms with Gasteiger partial charge in [0.15, 0.2) is 0 Å². The largest absolute Gasteiger partial charge is 0.480 e. The minimum absolute atomic E-state index is 0.0824. The molecule has 26 heavy (non-hydrogen) atoms. The third-order valence-electron chi connectivity index (χ3n) is 3.96. The van der Waals surface area contributed by atoms with Gasteiger partial charge in [0.2, 0.25) is 0 Å². The van der Waals surface area contributed by atoms with Crippen molar-refractivity contribution >= 4 is 38.9 Å². The molecule has 0 aliphatic rings. The third-order valence-corrected chi connectivity index (χ3v) is 4.45. The Kier molecular flexibility index (Phi) is 5.58. The summed E-state index contributed by atoms with van der Waals surface area (Å²) >= 11 is 3.41. The molecule has 0 fully saturated rings. The fourth-order valence-corrected chi connectivity index (χ4v) is 3.01. The van der Waals surface area contributed by atoms with E-state index in [-0.39, 0.29) is 13.0 Å². The molecule has 1 aromatic heterocycles. The lowest BCUT2D eigenvalue weighted by Crippen LogP contribution is -2.42. The predicted molar refractivity (Wildman–Crippen MR) is 101 cm³/mol. The number of hydrogen-bond acceptors (Lipinski definition) is 3. The number of alkyl carbamates (subject to hydrolysis) is 1. The quantitative estimate of drug-likeness (QED) is 0.568. The molecule has 0 saturated heterocycles. The van der Waals surface area contributed by atoms with E-state index in [1.165, 1.54) is 0 Å². The molecule has 0 unspecified atom stereocenters. The van der Waals surface area contributed by atoms with Crippen LogP contribution in [0, 0.1) is 0 Å². The second-order valence-electron chi connectivity index (χ2n) is 5.80. The second-order valence-corrected chi connectivity index (χ2v) is 6.72. The smallest absolute Gasteiger partial charge is 0.408 e. The van der Waals surface area contributed by atoms with Crippen LogP contribution in [-0.2, 0) is 22.6 Å². The summed E-state index contributed by atoms with van der Waals surface area (Å²) < 4.78 is 6.00. The van der Waals surface area contributed by atoms with Crippen molar-refractivity contribution in [1.29, 1.82) is 0 Å². The standard InChI is InChI=1S/C19H17BrN2O4/c20-14-6-7-16-15(9-14)13(10-21-16)8-17(18(23)24)22-19(25)26-11-12-4-2-1-3-5-12/h1-7,9-10,17,21H,8,11H2,(H,22,25)(H,23,24)/t17-/m1/s1. The normalized spacial score (nSPS) is 11.9. The number of benzene rings is 2. The topological polar surface area (TPSA) is 91.4 Å². The summed E-state index contributed by atoms with van der Waals surface area (Å²) in [4.78, 5) is 26.6. The number of carboxylic acids is 1. The van der Waals surface area contributed by atoms with Gasteiger partial charge in [-0.05, 0) is 29.3 Å². The summed E-state index contributed by atoms with van der Waals surface area (Å²) in [6.07, 6.45) is 1.14. The Labute approximate surface area is 158 Å². The maximum absolute atomic E-state index is 12.0. The predicted octanol–water partition coefficient (Wildman–Crippen LogP) is 3.85. The molecule has 1 atom stereocenters. The van der Waals surface area contributed by atoms with Crippen LogP contribution in [0.15, 0.2) is 59.2 Å². The summed E-state index contributed by atoms with van der Waals surface area (Å²) in [5.41, 5.74) is 2.53. The molecule has 2 aromatic carbocycles. The number of ether oxygens (including phenoxy) is 1. The van der Waals surface area contributed by atoms with Gasteiger partial charge in [0.1, 0.15) is 12.6 Å². The van der Waals surface area contributed by atoms with Crippen LogP contribution in [0.3, 0.4) is 0 Å². The fraction of sp³-hybridized carbons (Fsp3) is 0.158. The lowest BCUT2D eigenvalue weighted by Gasteiger charge is -2.14. The van der Waals surface area contributed by atoms with Crippen LogP contribution in [0.1, 0.15) is 11.1 Å². The summed E-state index contributed by atoms with van der Waals surface area (Å²) in [7, 11) is 0. The van der Waals surface area contributed by atoms with Crippen molar-refractivity contribution in [2.45, 2.75) is 19.1 Å². The number of H-pyrrole nitrogens is 1. The summed E-state index contributed by atoms with van der Waals surface area (Å²) in [5, 5.41) is 12.8. The van der Waals surface area contributed by atoms with E-state index in [4.69, 9.17) is 4.74 Å². The van der Waals surface area contributed by atoms with Gasteiger partial charge in [-0.1, -0.05) is 46.3 Å². The van der Waals surface area contributed by atoms with Gasteiger partial charge in [0.25, 0.3) is 0 Å². The first kappa shape index (κ1) is 18.0. The van der Waals surface area contributed by atoms with Gasteiger partial charge in [-0.15, -0.1) is 0 Å². The number of fused-ring (bicyclic) bond motifs is 1. The summed E-state index contributed by atoms with van der Waals surface area (Å²) in [6, 6.07) is 13.8. The number of aromatic amines is 1. The van der Waals surface area contributed by atoms with Crippen molar-refractivity contribution in [3.63, 3.8) is 0 Å². The Balaban J connectivity index is 1.66. The van der Waals surface area contributed by atoms with E-state index in [9.17, 15) is 14.7 Å². The number of nitrogens with one attached hydrogen (secondary N) is 2. The van der Waals surface area contributed by atoms with Gasteiger partial charge in [0.05, 0.1) is 0 Å². The molecule has 1 amide bonds. The molecule has 0 aliphatic heterocycles. The molecule has 0 spiro atoms. The van der Waals surface area contributed by atoms with Gasteiger partial charge in [-0.3, -0.25) is 0 Å². The average Bonchev–Trinajstić information content (AvgIpc) is 3.02. The molecule has 3 rings (SSSR count). The van der Waals surface area contributed by atoms with Crippen molar-refractivity contribution in [1.82, 2.24) is 10.3 Å². The number of rotatable bonds is 6. The number of hydrogen-bond donors (Lipinski definition) is 3. The fourth-order valence-electron chi connectivity index (χ4n) is 2.65. The van der Waals surface area contributed by atoms with E-state index in [2.05, 4.69) is 26.2 Å². The van der Waals surface area contributed by atoms with Gasteiger partial charge in [0, 0.05) is 28.0 Å². The van der Waals surface area contributed by atoms with Crippen LogP contribution in [0.5, 0.6) is 0 Å². The first-order valence-electron chi connectivity index (χ1n) is 7.98. The molecule has 0 saturated carbocycles. The Morgan fingerprint density at radius 2 is 1.96 bits per heavy atom. The second kappa shape index (κ2) is 8.05. The third kappa shape index (κ3) is 4.43. The first-order chi connectivity index (χ1) is 12.5. The summed E-state index contributed by atoms with van der Waals surface area (Å²) in [6.45, 7) is 0.0824. The van der Waals surface area contributed by atoms with Crippen molar-refractivity contribution in [2.75, 3.05) is 0 Å². The minimum Gasteiger partial charge on any atom is -0.480 e. The van der Waals surface area contributed by atoms with E-state index in [0.29, 0.717) is 0 Å². The number of halogens is 1. The Morgan fingerprint density at radius 1 is 1.19 bits per heavy atom. The first-order valence-corrected chi connectivity index (χ1v) is 8.78. The van der Waals surface area contributed by atoms with Gasteiger partial charge in [-0.25, -0.2) is 9.59 Å². The van der Waals surface area contributed by atoms with E-state index >= 15 is 0 Å². The number of aliphatic carboxylic acids is 1. The van der Waals surface area contributed by atoms with Crippen LogP contribution in [-0.4, -0.2) is 28.2 Å². The molecule has 0 bridgehead atoms. The van der Waals surface area contributed by atoms with E-state index in [0.717, 1.165) is 26.5 Å². The molecule has 0 radical (unpaired) electrons. The number of carbonyl (C=O) groups is 2. The van der Waals surface area contributed by atoms with Crippen LogP contribution in [0.2, 0.25) is 0 Å². The van der Waals surface area contributed by atoms with Gasteiger partial charge < -0.3 is 20.1 Å². The average molecular weight is 417 g/mol. The highest BCUT2D eigenvalue weighted by Gasteiger charge is 2.22. The zero-order valence-electron chi connectivity index (χ0n) is 13.7. The molecule has 3 N–H and O–H groups in total. The van der Waals surface area contributed by atoms with Crippen molar-refractivity contribution in [3.05, 3.63) is 70.3 Å². The van der Waals surface area contributed by atoms with E-state index in [1.54, 1.807) is 6.20 Å². The molecule has 1 heterocycles. The monoisotopic (exact) mass is 416 g/mol. The van der Waals surface area contributed by atoms with E-state index < -0.39 is 18.1 Å². The number of aromatic nitrogens is 1. The highest BCUT2D eigenvalue weighted by atomic mass is 79.9. The molecular formula is C19H17BrN2O4. The summed E-state index contributed by atoms with van der Waals surface area (Å²) in [5.74, 6) is -1.12. The van der Waals surface area contributed by atoms with Crippen LogP contribution in [0.4, 0.5) is 4.79 Å². The van der Waals surface area contributed by atoms with E-state index in [1.807, 2.05) is 48.5 Å². The van der Waals surface area contributed by atoms with Crippen LogP contribution >= 0.6 is 15.9 Å². The number of carbonyl (C=O) groups excluding carboxylic acids is 1.